The highest BCUT2D eigenvalue weighted by molar-refractivity contribution is 6.33. The Morgan fingerprint density at radius 1 is 1.24 bits per heavy atom. The van der Waals surface area contributed by atoms with Gasteiger partial charge in [-0.3, -0.25) is 4.79 Å². The van der Waals surface area contributed by atoms with Gasteiger partial charge in [-0.1, -0.05) is 23.2 Å². The molecule has 0 aliphatic heterocycles. The number of carbonyl (C=O) groups excluding carboxylic acids is 1. The molecule has 2 aromatic carbocycles. The van der Waals surface area contributed by atoms with E-state index in [1.807, 2.05) is 6.92 Å². The average molecular weight is 325 g/mol. The molecule has 0 heterocycles. The molecule has 1 amide bonds. The molecule has 2 aromatic rings. The first kappa shape index (κ1) is 15.5. The Labute approximate surface area is 132 Å². The number of benzene rings is 2. The average Bonchev–Trinajstić information content (AvgIpc) is 2.44. The predicted molar refractivity (Wildman–Crippen MR) is 86.2 cm³/mol. The van der Waals surface area contributed by atoms with Crippen LogP contribution in [0, 0.1) is 6.92 Å². The third kappa shape index (κ3) is 4.28. The normalized spacial score (nSPS) is 10.2. The van der Waals surface area contributed by atoms with Crippen molar-refractivity contribution in [3.63, 3.8) is 0 Å². The Balaban J connectivity index is 1.96. The van der Waals surface area contributed by atoms with Gasteiger partial charge >= 0.3 is 0 Å². The van der Waals surface area contributed by atoms with E-state index in [0.29, 0.717) is 27.2 Å². The molecule has 110 valence electrons. The molecule has 0 bridgehead atoms. The molecule has 0 fully saturated rings. The first-order valence-electron chi connectivity index (χ1n) is 6.19. The quantitative estimate of drug-likeness (QED) is 0.838. The Hall–Kier alpha value is -1.91. The smallest absolute Gasteiger partial charge is 0.262 e. The van der Waals surface area contributed by atoms with Gasteiger partial charge in [-0.15, -0.1) is 0 Å². The highest BCUT2D eigenvalue weighted by Crippen LogP contribution is 2.26. The third-order valence-electron chi connectivity index (χ3n) is 2.80. The maximum absolute atomic E-state index is 11.9. The molecule has 0 aromatic heterocycles. The fraction of sp³-hybridized carbons (Fsp3) is 0.133. The molecular formula is C15H14Cl2N2O2. The van der Waals surface area contributed by atoms with E-state index in [0.717, 1.165) is 5.56 Å². The minimum atomic E-state index is -0.283. The SMILES string of the molecule is Cc1cc(N)c(Cl)cc1NC(=O)COc1ccc(Cl)cc1. The summed E-state index contributed by atoms with van der Waals surface area (Å²) in [6, 6.07) is 10.1. The second kappa shape index (κ2) is 6.70. The summed E-state index contributed by atoms with van der Waals surface area (Å²) in [5.74, 6) is 0.287. The Kier molecular flexibility index (Phi) is 4.94. The van der Waals surface area contributed by atoms with E-state index in [1.165, 1.54) is 0 Å². The monoisotopic (exact) mass is 324 g/mol. The first-order chi connectivity index (χ1) is 9.95. The van der Waals surface area contributed by atoms with E-state index in [9.17, 15) is 4.79 Å². The van der Waals surface area contributed by atoms with E-state index < -0.39 is 0 Å². The van der Waals surface area contributed by atoms with Crippen LogP contribution in [0.25, 0.3) is 0 Å². The van der Waals surface area contributed by atoms with Crippen LogP contribution in [0.4, 0.5) is 11.4 Å². The molecule has 0 saturated carbocycles. The largest absolute Gasteiger partial charge is 0.484 e. The lowest BCUT2D eigenvalue weighted by Crippen LogP contribution is -2.20. The molecule has 0 unspecified atom stereocenters. The molecule has 6 heteroatoms. The number of aryl methyl sites for hydroxylation is 1. The van der Waals surface area contributed by atoms with Crippen LogP contribution in [0.2, 0.25) is 10.0 Å². The van der Waals surface area contributed by atoms with Gasteiger partial charge in [0.15, 0.2) is 6.61 Å². The number of amides is 1. The van der Waals surface area contributed by atoms with Gasteiger partial charge in [0.1, 0.15) is 5.75 Å². The number of carbonyl (C=O) groups is 1. The second-order valence-electron chi connectivity index (χ2n) is 4.48. The Bertz CT molecular complexity index is 657. The minimum Gasteiger partial charge on any atom is -0.484 e. The summed E-state index contributed by atoms with van der Waals surface area (Å²) < 4.78 is 5.36. The maximum atomic E-state index is 11.9. The lowest BCUT2D eigenvalue weighted by molar-refractivity contribution is -0.118. The van der Waals surface area contributed by atoms with Crippen LogP contribution >= 0.6 is 23.2 Å². The van der Waals surface area contributed by atoms with E-state index in [1.54, 1.807) is 36.4 Å². The van der Waals surface area contributed by atoms with Gasteiger partial charge in [0.25, 0.3) is 5.91 Å². The predicted octanol–water partition coefficient (Wildman–Crippen LogP) is 3.90. The number of ether oxygens (including phenoxy) is 1. The number of hydrogen-bond acceptors (Lipinski definition) is 3. The molecular weight excluding hydrogens is 311 g/mol. The lowest BCUT2D eigenvalue weighted by atomic mass is 10.2. The van der Waals surface area contributed by atoms with E-state index >= 15 is 0 Å². The second-order valence-corrected chi connectivity index (χ2v) is 5.32. The van der Waals surface area contributed by atoms with Gasteiger partial charge < -0.3 is 15.8 Å². The van der Waals surface area contributed by atoms with Gasteiger partial charge in [-0.05, 0) is 48.9 Å². The summed E-state index contributed by atoms with van der Waals surface area (Å²) in [6.07, 6.45) is 0. The van der Waals surface area contributed by atoms with Gasteiger partial charge in [0.05, 0.1) is 10.7 Å². The van der Waals surface area contributed by atoms with Crippen molar-refractivity contribution in [2.24, 2.45) is 0 Å². The van der Waals surface area contributed by atoms with Crippen molar-refractivity contribution < 1.29 is 9.53 Å². The van der Waals surface area contributed by atoms with Crippen molar-refractivity contribution in [2.75, 3.05) is 17.7 Å². The van der Waals surface area contributed by atoms with Crippen molar-refractivity contribution in [1.82, 2.24) is 0 Å². The topological polar surface area (TPSA) is 64.3 Å². The molecule has 3 N–H and O–H groups in total. The third-order valence-corrected chi connectivity index (χ3v) is 3.38. The van der Waals surface area contributed by atoms with Crippen molar-refractivity contribution in [2.45, 2.75) is 6.92 Å². The number of hydrogen-bond donors (Lipinski definition) is 2. The molecule has 4 nitrogen and oxygen atoms in total. The van der Waals surface area contributed by atoms with E-state index in [2.05, 4.69) is 5.32 Å². The molecule has 2 rings (SSSR count). The zero-order valence-corrected chi connectivity index (χ0v) is 12.8. The summed E-state index contributed by atoms with van der Waals surface area (Å²) in [5, 5.41) is 3.74. The van der Waals surface area contributed by atoms with E-state index in [-0.39, 0.29) is 12.5 Å². The lowest BCUT2D eigenvalue weighted by Gasteiger charge is -2.11. The number of nitrogen functional groups attached to an aromatic ring is 1. The molecule has 0 spiro atoms. The zero-order chi connectivity index (χ0) is 15.4. The van der Waals surface area contributed by atoms with Crippen LogP contribution in [0.3, 0.4) is 0 Å². The Morgan fingerprint density at radius 3 is 2.57 bits per heavy atom. The summed E-state index contributed by atoms with van der Waals surface area (Å²) in [4.78, 5) is 11.9. The number of nitrogens with two attached hydrogens (primary N) is 1. The molecule has 0 atom stereocenters. The fourth-order valence-electron chi connectivity index (χ4n) is 1.70. The number of anilines is 2. The molecule has 0 radical (unpaired) electrons. The van der Waals surface area contributed by atoms with Crippen molar-refractivity contribution in [3.8, 4) is 5.75 Å². The molecule has 0 aliphatic carbocycles. The van der Waals surface area contributed by atoms with Gasteiger partial charge in [-0.2, -0.15) is 0 Å². The van der Waals surface area contributed by atoms with Crippen LogP contribution < -0.4 is 15.8 Å². The fourth-order valence-corrected chi connectivity index (χ4v) is 1.99. The van der Waals surface area contributed by atoms with Crippen molar-refractivity contribution in [3.05, 3.63) is 52.0 Å². The maximum Gasteiger partial charge on any atom is 0.262 e. The highest BCUT2D eigenvalue weighted by atomic mass is 35.5. The van der Waals surface area contributed by atoms with Crippen LogP contribution in [0.15, 0.2) is 36.4 Å². The van der Waals surface area contributed by atoms with Gasteiger partial charge in [0.2, 0.25) is 0 Å². The van der Waals surface area contributed by atoms with Crippen LogP contribution in [-0.4, -0.2) is 12.5 Å². The first-order valence-corrected chi connectivity index (χ1v) is 6.95. The molecule has 21 heavy (non-hydrogen) atoms. The summed E-state index contributed by atoms with van der Waals surface area (Å²) in [6.45, 7) is 1.73. The number of halogens is 2. The highest BCUT2D eigenvalue weighted by Gasteiger charge is 2.08. The summed E-state index contributed by atoms with van der Waals surface area (Å²) in [7, 11) is 0. The summed E-state index contributed by atoms with van der Waals surface area (Å²) in [5.41, 5.74) is 7.60. The Morgan fingerprint density at radius 2 is 1.90 bits per heavy atom. The van der Waals surface area contributed by atoms with Crippen LogP contribution in [0.1, 0.15) is 5.56 Å². The minimum absolute atomic E-state index is 0.108. The standard InChI is InChI=1S/C15H14Cl2N2O2/c1-9-6-13(18)12(17)7-14(9)19-15(20)8-21-11-4-2-10(16)3-5-11/h2-7H,8,18H2,1H3,(H,19,20). The number of nitrogens with one attached hydrogen (secondary N) is 1. The number of rotatable bonds is 4. The van der Waals surface area contributed by atoms with Crippen molar-refractivity contribution >= 4 is 40.5 Å². The molecule has 0 saturated heterocycles. The summed E-state index contributed by atoms with van der Waals surface area (Å²) >= 11 is 11.7. The van der Waals surface area contributed by atoms with Gasteiger partial charge in [-0.25, -0.2) is 0 Å². The van der Waals surface area contributed by atoms with E-state index in [4.69, 9.17) is 33.7 Å². The van der Waals surface area contributed by atoms with Crippen LogP contribution in [-0.2, 0) is 4.79 Å². The zero-order valence-electron chi connectivity index (χ0n) is 11.3. The van der Waals surface area contributed by atoms with Gasteiger partial charge in [0, 0.05) is 10.7 Å². The van der Waals surface area contributed by atoms with Crippen LogP contribution in [0.5, 0.6) is 5.75 Å². The molecule has 0 aliphatic rings. The van der Waals surface area contributed by atoms with Crippen molar-refractivity contribution in [1.29, 1.82) is 0 Å².